The molecule has 0 saturated heterocycles. The van der Waals surface area contributed by atoms with Crippen LogP contribution in [0.25, 0.3) is 0 Å². The van der Waals surface area contributed by atoms with Crippen LogP contribution < -0.4 is 0 Å². The van der Waals surface area contributed by atoms with E-state index in [2.05, 4.69) is 5.16 Å². The molecule has 1 heterocycles. The van der Waals surface area contributed by atoms with E-state index in [1.807, 2.05) is 13.0 Å². The highest BCUT2D eigenvalue weighted by molar-refractivity contribution is 6.34. The summed E-state index contributed by atoms with van der Waals surface area (Å²) >= 11 is 11.7. The van der Waals surface area contributed by atoms with Gasteiger partial charge in [-0.3, -0.25) is 0 Å². The molecule has 0 spiro atoms. The van der Waals surface area contributed by atoms with Crippen LogP contribution in [0.1, 0.15) is 23.1 Å². The monoisotopic (exact) mass is 373 g/mol. The lowest BCUT2D eigenvalue weighted by Crippen LogP contribution is -2.42. The Morgan fingerprint density at radius 3 is 2.33 bits per heavy atom. The van der Waals surface area contributed by atoms with Gasteiger partial charge in [0.2, 0.25) is 0 Å². The summed E-state index contributed by atoms with van der Waals surface area (Å²) in [6.45, 7) is 1.85. The third-order valence-corrected chi connectivity index (χ3v) is 4.30. The largest absolute Gasteiger partial charge is 0.435 e. The maximum Gasteiger partial charge on any atom is 0.435 e. The Labute approximate surface area is 146 Å². The van der Waals surface area contributed by atoms with Crippen molar-refractivity contribution in [1.82, 2.24) is 0 Å². The summed E-state index contributed by atoms with van der Waals surface area (Å²) in [5.74, 6) is 0. The van der Waals surface area contributed by atoms with Crippen molar-refractivity contribution in [3.8, 4) is 0 Å². The van der Waals surface area contributed by atoms with Crippen molar-refractivity contribution < 1.29 is 18.0 Å². The van der Waals surface area contributed by atoms with Crippen LogP contribution in [0.15, 0.2) is 47.6 Å². The van der Waals surface area contributed by atoms with E-state index in [0.29, 0.717) is 5.56 Å². The van der Waals surface area contributed by atoms with E-state index in [1.54, 1.807) is 18.2 Å². The van der Waals surface area contributed by atoms with Crippen LogP contribution in [0, 0.1) is 6.92 Å². The maximum absolute atomic E-state index is 13.8. The molecule has 0 radical (unpaired) electrons. The third kappa shape index (κ3) is 2.98. The lowest BCUT2D eigenvalue weighted by Gasteiger charge is -2.29. The SMILES string of the molecule is Cc1cccc(C2=NOC(c3cc(Cl)cc(Cl)c3)(C(F)(F)F)C2)c1. The van der Waals surface area contributed by atoms with E-state index in [0.717, 1.165) is 5.56 Å². The third-order valence-electron chi connectivity index (χ3n) is 3.87. The molecule has 0 aromatic heterocycles. The zero-order valence-corrected chi connectivity index (χ0v) is 14.0. The van der Waals surface area contributed by atoms with Crippen LogP contribution in [-0.4, -0.2) is 11.9 Å². The molecule has 0 fully saturated rings. The number of alkyl halides is 3. The molecular weight excluding hydrogens is 362 g/mol. The molecule has 1 atom stereocenters. The van der Waals surface area contributed by atoms with Crippen molar-refractivity contribution in [1.29, 1.82) is 0 Å². The molecule has 0 amide bonds. The van der Waals surface area contributed by atoms with Crippen molar-refractivity contribution in [2.45, 2.75) is 25.1 Å². The molecular formula is C17H12Cl2F3NO. The number of benzene rings is 2. The van der Waals surface area contributed by atoms with Gasteiger partial charge in [0.15, 0.2) is 0 Å². The van der Waals surface area contributed by atoms with E-state index in [9.17, 15) is 13.2 Å². The predicted molar refractivity (Wildman–Crippen MR) is 87.6 cm³/mol. The summed E-state index contributed by atoms with van der Waals surface area (Å²) < 4.78 is 41.5. The molecule has 1 unspecified atom stereocenters. The zero-order chi connectivity index (χ0) is 17.5. The van der Waals surface area contributed by atoms with Crippen LogP contribution in [0.5, 0.6) is 0 Å². The molecule has 126 valence electrons. The summed E-state index contributed by atoms with van der Waals surface area (Å²) in [7, 11) is 0. The number of hydrogen-bond acceptors (Lipinski definition) is 2. The molecule has 2 aromatic rings. The second-order valence-corrected chi connectivity index (χ2v) is 6.53. The average molecular weight is 374 g/mol. The number of oxime groups is 1. The zero-order valence-electron chi connectivity index (χ0n) is 12.5. The van der Waals surface area contributed by atoms with Crippen molar-refractivity contribution in [3.63, 3.8) is 0 Å². The second kappa shape index (κ2) is 5.97. The molecule has 2 nitrogen and oxygen atoms in total. The summed E-state index contributed by atoms with van der Waals surface area (Å²) in [4.78, 5) is 4.95. The average Bonchev–Trinajstić information content (AvgIpc) is 2.92. The van der Waals surface area contributed by atoms with E-state index < -0.39 is 18.2 Å². The van der Waals surface area contributed by atoms with Crippen LogP contribution in [0.4, 0.5) is 13.2 Å². The van der Waals surface area contributed by atoms with Crippen LogP contribution in [0.2, 0.25) is 10.0 Å². The Hall–Kier alpha value is -1.72. The number of nitrogens with zero attached hydrogens (tertiary/aromatic N) is 1. The Kier molecular flexibility index (Phi) is 4.26. The van der Waals surface area contributed by atoms with E-state index in [1.165, 1.54) is 18.2 Å². The fourth-order valence-corrected chi connectivity index (χ4v) is 3.20. The first kappa shape index (κ1) is 17.1. The van der Waals surface area contributed by atoms with E-state index >= 15 is 0 Å². The van der Waals surface area contributed by atoms with Gasteiger partial charge in [-0.05, 0) is 30.7 Å². The van der Waals surface area contributed by atoms with Gasteiger partial charge in [0.05, 0.1) is 5.71 Å². The molecule has 0 N–H and O–H groups in total. The van der Waals surface area contributed by atoms with Crippen molar-refractivity contribution in [2.24, 2.45) is 5.16 Å². The highest BCUT2D eigenvalue weighted by atomic mass is 35.5. The van der Waals surface area contributed by atoms with Gasteiger partial charge >= 0.3 is 6.18 Å². The van der Waals surface area contributed by atoms with Crippen LogP contribution >= 0.6 is 23.2 Å². The molecule has 0 saturated carbocycles. The van der Waals surface area contributed by atoms with Crippen molar-refractivity contribution in [3.05, 3.63) is 69.2 Å². The number of aryl methyl sites for hydroxylation is 1. The first-order valence-electron chi connectivity index (χ1n) is 7.07. The van der Waals surface area contributed by atoms with Gasteiger partial charge in [0.1, 0.15) is 0 Å². The summed E-state index contributed by atoms with van der Waals surface area (Å²) in [5.41, 5.74) is -1.02. The van der Waals surface area contributed by atoms with Crippen molar-refractivity contribution >= 4 is 28.9 Å². The van der Waals surface area contributed by atoms with Gasteiger partial charge in [-0.1, -0.05) is 58.2 Å². The summed E-state index contributed by atoms with van der Waals surface area (Å²) in [5, 5.41) is 3.92. The molecule has 0 aliphatic carbocycles. The lowest BCUT2D eigenvalue weighted by molar-refractivity contribution is -0.275. The Morgan fingerprint density at radius 1 is 1.08 bits per heavy atom. The van der Waals surface area contributed by atoms with Gasteiger partial charge in [-0.15, -0.1) is 0 Å². The van der Waals surface area contributed by atoms with Crippen LogP contribution in [-0.2, 0) is 10.4 Å². The highest BCUT2D eigenvalue weighted by Crippen LogP contribution is 2.49. The smallest absolute Gasteiger partial charge is 0.374 e. The Morgan fingerprint density at radius 2 is 1.75 bits per heavy atom. The van der Waals surface area contributed by atoms with E-state index in [-0.39, 0.29) is 21.3 Å². The normalized spacial score (nSPS) is 20.7. The molecule has 24 heavy (non-hydrogen) atoms. The van der Waals surface area contributed by atoms with Gasteiger partial charge < -0.3 is 4.84 Å². The number of rotatable bonds is 2. The molecule has 3 rings (SSSR count). The van der Waals surface area contributed by atoms with E-state index in [4.69, 9.17) is 28.0 Å². The topological polar surface area (TPSA) is 21.6 Å². The van der Waals surface area contributed by atoms with Crippen molar-refractivity contribution in [2.75, 3.05) is 0 Å². The first-order chi connectivity index (χ1) is 11.2. The Balaban J connectivity index is 2.05. The summed E-state index contributed by atoms with van der Waals surface area (Å²) in [6, 6.07) is 10.9. The highest BCUT2D eigenvalue weighted by Gasteiger charge is 2.62. The number of halogens is 5. The first-order valence-corrected chi connectivity index (χ1v) is 7.82. The standard InChI is InChI=1S/C17H12Cl2F3NO/c1-10-3-2-4-11(5-10)15-9-16(24-23-15,17(20,21)22)12-6-13(18)8-14(19)7-12/h2-8H,9H2,1H3. The molecule has 1 aliphatic heterocycles. The maximum atomic E-state index is 13.8. The fraction of sp³-hybridized carbons (Fsp3) is 0.235. The van der Waals surface area contributed by atoms with Crippen LogP contribution in [0.3, 0.4) is 0 Å². The van der Waals surface area contributed by atoms with Gasteiger partial charge in [-0.2, -0.15) is 13.2 Å². The minimum atomic E-state index is -4.68. The second-order valence-electron chi connectivity index (χ2n) is 5.66. The minimum Gasteiger partial charge on any atom is -0.374 e. The molecule has 2 aromatic carbocycles. The Bertz CT molecular complexity index is 799. The molecule has 0 bridgehead atoms. The lowest BCUT2D eigenvalue weighted by atomic mass is 9.86. The number of hydrogen-bond donors (Lipinski definition) is 0. The molecule has 7 heteroatoms. The minimum absolute atomic E-state index is 0.105. The fourth-order valence-electron chi connectivity index (χ4n) is 2.67. The predicted octanol–water partition coefficient (Wildman–Crippen LogP) is 5.88. The van der Waals surface area contributed by atoms with Gasteiger partial charge in [0, 0.05) is 22.0 Å². The molecule has 1 aliphatic rings. The van der Waals surface area contributed by atoms with Gasteiger partial charge in [0.25, 0.3) is 5.60 Å². The van der Waals surface area contributed by atoms with Gasteiger partial charge in [-0.25, -0.2) is 0 Å². The quantitative estimate of drug-likeness (QED) is 0.643. The summed E-state index contributed by atoms with van der Waals surface area (Å²) in [6.07, 6.45) is -5.13.